The zero-order valence-electron chi connectivity index (χ0n) is 12.8. The first-order valence-electron chi connectivity index (χ1n) is 7.82. The number of anilines is 1. The van der Waals surface area contributed by atoms with E-state index in [1.807, 2.05) is 36.1 Å². The maximum Gasteiger partial charge on any atom is 0.311 e. The Bertz CT molecular complexity index is 601. The third kappa shape index (κ3) is 2.73. The first kappa shape index (κ1) is 15.0. The van der Waals surface area contributed by atoms with E-state index in [-0.39, 0.29) is 18.4 Å². The molecule has 1 saturated heterocycles. The summed E-state index contributed by atoms with van der Waals surface area (Å²) in [6, 6.07) is 7.68. The minimum atomic E-state index is -0.698. The van der Waals surface area contributed by atoms with Crippen molar-refractivity contribution in [3.8, 4) is 0 Å². The Morgan fingerprint density at radius 3 is 2.95 bits per heavy atom. The van der Waals surface area contributed by atoms with Crippen LogP contribution in [0, 0.1) is 18.3 Å². The fraction of sp³-hybridized carbons (Fsp3) is 0.529. The summed E-state index contributed by atoms with van der Waals surface area (Å²) in [5.74, 6) is -0.584. The lowest BCUT2D eigenvalue weighted by atomic mass is 9.81. The second kappa shape index (κ2) is 5.72. The Morgan fingerprint density at radius 1 is 1.45 bits per heavy atom. The molecule has 1 aromatic carbocycles. The molecule has 1 amide bonds. The number of hydrogen-bond acceptors (Lipinski definition) is 3. The Morgan fingerprint density at radius 2 is 2.27 bits per heavy atom. The molecule has 5 heteroatoms. The van der Waals surface area contributed by atoms with E-state index in [0.717, 1.165) is 30.5 Å². The SMILES string of the molecule is Cc1cccc(NC(=O)CN2C[C@@H]3CCC[C@@]3(C(=O)O)C2)c1. The molecule has 118 valence electrons. The Kier molecular flexibility index (Phi) is 3.91. The topological polar surface area (TPSA) is 69.6 Å². The van der Waals surface area contributed by atoms with Crippen LogP contribution >= 0.6 is 0 Å². The molecular weight excluding hydrogens is 280 g/mol. The van der Waals surface area contributed by atoms with Gasteiger partial charge in [0.25, 0.3) is 0 Å². The molecule has 2 fully saturated rings. The van der Waals surface area contributed by atoms with Crippen molar-refractivity contribution in [3.05, 3.63) is 29.8 Å². The maximum atomic E-state index is 12.2. The van der Waals surface area contributed by atoms with E-state index in [0.29, 0.717) is 13.1 Å². The van der Waals surface area contributed by atoms with E-state index in [1.165, 1.54) is 0 Å². The van der Waals surface area contributed by atoms with Gasteiger partial charge in [-0.2, -0.15) is 0 Å². The zero-order chi connectivity index (χ0) is 15.7. The molecule has 1 aromatic rings. The number of likely N-dealkylation sites (tertiary alicyclic amines) is 1. The van der Waals surface area contributed by atoms with Crippen LogP contribution in [0.5, 0.6) is 0 Å². The number of fused-ring (bicyclic) bond motifs is 1. The Balaban J connectivity index is 1.60. The van der Waals surface area contributed by atoms with Crippen LogP contribution in [0.1, 0.15) is 24.8 Å². The van der Waals surface area contributed by atoms with Crippen molar-refractivity contribution in [1.29, 1.82) is 0 Å². The van der Waals surface area contributed by atoms with Crippen molar-refractivity contribution < 1.29 is 14.7 Å². The van der Waals surface area contributed by atoms with E-state index in [9.17, 15) is 14.7 Å². The highest BCUT2D eigenvalue weighted by molar-refractivity contribution is 5.92. The second-order valence-electron chi connectivity index (χ2n) is 6.64. The van der Waals surface area contributed by atoms with Crippen LogP contribution in [-0.4, -0.2) is 41.5 Å². The summed E-state index contributed by atoms with van der Waals surface area (Å²) in [5.41, 5.74) is 1.26. The molecule has 2 aliphatic rings. The molecule has 1 aliphatic heterocycles. The van der Waals surface area contributed by atoms with Gasteiger partial charge in [0.15, 0.2) is 0 Å². The number of rotatable bonds is 4. The third-order valence-corrected chi connectivity index (χ3v) is 5.04. The maximum absolute atomic E-state index is 12.2. The van der Waals surface area contributed by atoms with Crippen LogP contribution in [0.2, 0.25) is 0 Å². The van der Waals surface area contributed by atoms with Crippen LogP contribution < -0.4 is 5.32 Å². The summed E-state index contributed by atoms with van der Waals surface area (Å²) in [6.07, 6.45) is 2.69. The number of aryl methyl sites for hydroxylation is 1. The summed E-state index contributed by atoms with van der Waals surface area (Å²) < 4.78 is 0. The predicted octanol–water partition coefficient (Wildman–Crippen LogP) is 2.12. The fourth-order valence-corrected chi connectivity index (χ4v) is 3.99. The minimum Gasteiger partial charge on any atom is -0.481 e. The second-order valence-corrected chi connectivity index (χ2v) is 6.64. The number of hydrogen-bond donors (Lipinski definition) is 2. The first-order valence-corrected chi connectivity index (χ1v) is 7.82. The average molecular weight is 302 g/mol. The van der Waals surface area contributed by atoms with Gasteiger partial charge in [-0.3, -0.25) is 14.5 Å². The molecule has 0 aromatic heterocycles. The van der Waals surface area contributed by atoms with E-state index < -0.39 is 11.4 Å². The van der Waals surface area contributed by atoms with Gasteiger partial charge in [-0.05, 0) is 43.4 Å². The summed E-state index contributed by atoms with van der Waals surface area (Å²) in [5, 5.41) is 12.5. The fourth-order valence-electron chi connectivity index (χ4n) is 3.99. The lowest BCUT2D eigenvalue weighted by Crippen LogP contribution is -2.37. The lowest BCUT2D eigenvalue weighted by molar-refractivity contribution is -0.149. The van der Waals surface area contributed by atoms with Crippen LogP contribution in [-0.2, 0) is 9.59 Å². The van der Waals surface area contributed by atoms with Crippen molar-refractivity contribution in [2.24, 2.45) is 11.3 Å². The van der Waals surface area contributed by atoms with Gasteiger partial charge in [-0.15, -0.1) is 0 Å². The van der Waals surface area contributed by atoms with Gasteiger partial charge in [-0.25, -0.2) is 0 Å². The standard InChI is InChI=1S/C17H22N2O3/c1-12-4-2-6-14(8-12)18-15(20)10-19-9-13-5-3-7-17(13,11-19)16(21)22/h2,4,6,8,13H,3,5,7,9-11H2,1H3,(H,18,20)(H,21,22)/t13-,17+/m0/s1. The lowest BCUT2D eigenvalue weighted by Gasteiger charge is -2.23. The number of carboxylic acid groups (broad SMARTS) is 1. The molecule has 2 N–H and O–H groups in total. The summed E-state index contributed by atoms with van der Waals surface area (Å²) in [4.78, 5) is 25.8. The van der Waals surface area contributed by atoms with E-state index in [1.54, 1.807) is 0 Å². The van der Waals surface area contributed by atoms with E-state index >= 15 is 0 Å². The molecule has 5 nitrogen and oxygen atoms in total. The average Bonchev–Trinajstić information content (AvgIpc) is 2.95. The van der Waals surface area contributed by atoms with E-state index in [4.69, 9.17) is 0 Å². The predicted molar refractivity (Wildman–Crippen MR) is 83.7 cm³/mol. The molecule has 2 atom stereocenters. The highest BCUT2D eigenvalue weighted by atomic mass is 16.4. The molecule has 0 bridgehead atoms. The van der Waals surface area contributed by atoms with Crippen molar-refractivity contribution >= 4 is 17.6 Å². The smallest absolute Gasteiger partial charge is 0.311 e. The molecular formula is C17H22N2O3. The highest BCUT2D eigenvalue weighted by Crippen LogP contribution is 2.48. The van der Waals surface area contributed by atoms with Crippen LogP contribution in [0.25, 0.3) is 0 Å². The zero-order valence-corrected chi connectivity index (χ0v) is 12.8. The molecule has 0 unspecified atom stereocenters. The van der Waals surface area contributed by atoms with Gasteiger partial charge in [0.05, 0.1) is 12.0 Å². The molecule has 0 radical (unpaired) electrons. The highest BCUT2D eigenvalue weighted by Gasteiger charge is 2.54. The van der Waals surface area contributed by atoms with Crippen LogP contribution in [0.4, 0.5) is 5.69 Å². The normalized spacial score (nSPS) is 27.6. The van der Waals surface area contributed by atoms with Crippen molar-refractivity contribution in [2.75, 3.05) is 25.0 Å². The third-order valence-electron chi connectivity index (χ3n) is 5.04. The van der Waals surface area contributed by atoms with Gasteiger partial charge in [-0.1, -0.05) is 18.6 Å². The van der Waals surface area contributed by atoms with E-state index in [2.05, 4.69) is 5.32 Å². The Hall–Kier alpha value is -1.88. The molecule has 1 aliphatic carbocycles. The number of carboxylic acids is 1. The molecule has 0 spiro atoms. The molecule has 22 heavy (non-hydrogen) atoms. The van der Waals surface area contributed by atoms with Crippen LogP contribution in [0.15, 0.2) is 24.3 Å². The number of nitrogens with one attached hydrogen (secondary N) is 1. The molecule has 1 heterocycles. The number of benzene rings is 1. The van der Waals surface area contributed by atoms with Gasteiger partial charge in [0.2, 0.25) is 5.91 Å². The van der Waals surface area contributed by atoms with Gasteiger partial charge in [0, 0.05) is 18.8 Å². The van der Waals surface area contributed by atoms with Crippen molar-refractivity contribution in [1.82, 2.24) is 4.90 Å². The van der Waals surface area contributed by atoms with Gasteiger partial charge in [0.1, 0.15) is 0 Å². The Labute approximate surface area is 130 Å². The summed E-state index contributed by atoms with van der Waals surface area (Å²) in [6.45, 7) is 3.45. The molecule has 1 saturated carbocycles. The number of amides is 1. The number of carbonyl (C=O) groups is 2. The minimum absolute atomic E-state index is 0.0777. The van der Waals surface area contributed by atoms with Crippen molar-refractivity contribution in [2.45, 2.75) is 26.2 Å². The quantitative estimate of drug-likeness (QED) is 0.894. The first-order chi connectivity index (χ1) is 10.5. The summed E-state index contributed by atoms with van der Waals surface area (Å²) in [7, 11) is 0. The van der Waals surface area contributed by atoms with Crippen LogP contribution in [0.3, 0.4) is 0 Å². The molecule has 3 rings (SSSR count). The van der Waals surface area contributed by atoms with Gasteiger partial charge < -0.3 is 10.4 Å². The van der Waals surface area contributed by atoms with Crippen molar-refractivity contribution in [3.63, 3.8) is 0 Å². The van der Waals surface area contributed by atoms with Gasteiger partial charge >= 0.3 is 5.97 Å². The largest absolute Gasteiger partial charge is 0.481 e. The number of aliphatic carboxylic acids is 1. The monoisotopic (exact) mass is 302 g/mol. The number of carbonyl (C=O) groups excluding carboxylic acids is 1. The summed E-state index contributed by atoms with van der Waals surface area (Å²) >= 11 is 0. The number of nitrogens with zero attached hydrogens (tertiary/aromatic N) is 1.